The van der Waals surface area contributed by atoms with E-state index in [1.807, 2.05) is 0 Å². The fourth-order valence-corrected chi connectivity index (χ4v) is 2.59. The van der Waals surface area contributed by atoms with Crippen LogP contribution in [0, 0.1) is 0 Å². The molecule has 86 valence electrons. The van der Waals surface area contributed by atoms with Crippen molar-refractivity contribution in [1.29, 1.82) is 0 Å². The molecule has 0 saturated carbocycles. The van der Waals surface area contributed by atoms with E-state index in [-0.39, 0.29) is 5.41 Å². The van der Waals surface area contributed by atoms with Crippen LogP contribution < -0.4 is 5.32 Å². The van der Waals surface area contributed by atoms with Gasteiger partial charge in [-0.15, -0.1) is 0 Å². The zero-order chi connectivity index (χ0) is 11.6. The molecule has 2 aromatic rings. The topological polar surface area (TPSA) is 37.8 Å². The van der Waals surface area contributed by atoms with E-state index in [2.05, 4.69) is 52.3 Å². The highest BCUT2D eigenvalue weighted by atomic mass is 32.1. The zero-order valence-corrected chi connectivity index (χ0v) is 11.3. The smallest absolute Gasteiger partial charge is 0.202 e. The summed E-state index contributed by atoms with van der Waals surface area (Å²) in [6.45, 7) is 7.19. The van der Waals surface area contributed by atoms with Crippen LogP contribution in [0.4, 0.5) is 5.13 Å². The summed E-state index contributed by atoms with van der Waals surface area (Å²) in [5.74, 6) is 0.908. The van der Waals surface area contributed by atoms with Gasteiger partial charge in [-0.05, 0) is 22.4 Å². The Morgan fingerprint density at radius 3 is 2.75 bits per heavy atom. The van der Waals surface area contributed by atoms with E-state index in [9.17, 15) is 0 Å². The standard InChI is InChI=1S/C11H15N3S2/c1-11(2,3)9-13-10(16-14-9)12-6-8-4-5-15-7-8/h4-5,7H,6H2,1-3H3,(H,12,13,14). The number of nitrogens with one attached hydrogen (secondary N) is 1. The van der Waals surface area contributed by atoms with Crippen molar-refractivity contribution in [3.05, 3.63) is 28.2 Å². The molecule has 0 radical (unpaired) electrons. The van der Waals surface area contributed by atoms with Crippen molar-refractivity contribution in [3.8, 4) is 0 Å². The Kier molecular flexibility index (Phi) is 3.25. The van der Waals surface area contributed by atoms with E-state index in [0.29, 0.717) is 0 Å². The molecule has 0 amide bonds. The average molecular weight is 253 g/mol. The number of hydrogen-bond acceptors (Lipinski definition) is 5. The van der Waals surface area contributed by atoms with Gasteiger partial charge in [-0.25, -0.2) is 4.98 Å². The molecule has 0 unspecified atom stereocenters. The predicted molar refractivity (Wildman–Crippen MR) is 70.3 cm³/mol. The minimum absolute atomic E-state index is 0.0266. The molecule has 0 aliphatic rings. The molecule has 2 heterocycles. The molecule has 5 heteroatoms. The number of rotatable bonds is 3. The van der Waals surface area contributed by atoms with Crippen LogP contribution in [0.2, 0.25) is 0 Å². The molecule has 2 aromatic heterocycles. The Balaban J connectivity index is 1.98. The lowest BCUT2D eigenvalue weighted by Crippen LogP contribution is -2.13. The first-order valence-electron chi connectivity index (χ1n) is 5.15. The van der Waals surface area contributed by atoms with Crippen molar-refractivity contribution in [3.63, 3.8) is 0 Å². The Labute approximate surface area is 104 Å². The molecule has 0 aliphatic carbocycles. The second-order valence-electron chi connectivity index (χ2n) is 4.66. The van der Waals surface area contributed by atoms with E-state index in [4.69, 9.17) is 0 Å². The molecule has 0 atom stereocenters. The molecule has 3 nitrogen and oxygen atoms in total. The monoisotopic (exact) mass is 253 g/mol. The van der Waals surface area contributed by atoms with Crippen molar-refractivity contribution in [2.24, 2.45) is 0 Å². The largest absolute Gasteiger partial charge is 0.356 e. The Morgan fingerprint density at radius 1 is 1.38 bits per heavy atom. The lowest BCUT2D eigenvalue weighted by molar-refractivity contribution is 0.555. The van der Waals surface area contributed by atoms with Crippen molar-refractivity contribution >= 4 is 28.0 Å². The van der Waals surface area contributed by atoms with Gasteiger partial charge in [0.1, 0.15) is 5.82 Å². The number of anilines is 1. The van der Waals surface area contributed by atoms with Crippen LogP contribution in [0.3, 0.4) is 0 Å². The molecule has 0 fully saturated rings. The first-order valence-corrected chi connectivity index (χ1v) is 6.86. The highest BCUT2D eigenvalue weighted by molar-refractivity contribution is 7.09. The van der Waals surface area contributed by atoms with Crippen LogP contribution in [-0.4, -0.2) is 9.36 Å². The molecular formula is C11H15N3S2. The Hall–Kier alpha value is -0.940. The maximum atomic E-state index is 4.48. The SMILES string of the molecule is CC(C)(C)c1nsc(NCc2ccsc2)n1. The summed E-state index contributed by atoms with van der Waals surface area (Å²) >= 11 is 3.14. The molecule has 0 saturated heterocycles. The summed E-state index contributed by atoms with van der Waals surface area (Å²) in [4.78, 5) is 4.48. The lowest BCUT2D eigenvalue weighted by atomic mass is 9.96. The van der Waals surface area contributed by atoms with Crippen molar-refractivity contribution in [2.75, 3.05) is 5.32 Å². The molecule has 0 bridgehead atoms. The van der Waals surface area contributed by atoms with Crippen LogP contribution in [-0.2, 0) is 12.0 Å². The first-order chi connectivity index (χ1) is 7.55. The van der Waals surface area contributed by atoms with Crippen molar-refractivity contribution in [1.82, 2.24) is 9.36 Å². The van der Waals surface area contributed by atoms with E-state index in [0.717, 1.165) is 17.5 Å². The van der Waals surface area contributed by atoms with E-state index >= 15 is 0 Å². The summed E-state index contributed by atoms with van der Waals surface area (Å²) in [7, 11) is 0. The Morgan fingerprint density at radius 2 is 2.19 bits per heavy atom. The van der Waals surface area contributed by atoms with Gasteiger partial charge in [0.2, 0.25) is 5.13 Å². The van der Waals surface area contributed by atoms with Gasteiger partial charge >= 0.3 is 0 Å². The first kappa shape index (κ1) is 11.5. The van der Waals surface area contributed by atoms with Crippen LogP contribution in [0.15, 0.2) is 16.8 Å². The highest BCUT2D eigenvalue weighted by Crippen LogP contribution is 2.23. The summed E-state index contributed by atoms with van der Waals surface area (Å²) < 4.78 is 4.36. The third-order valence-corrected chi connectivity index (χ3v) is 3.53. The summed E-state index contributed by atoms with van der Waals surface area (Å²) in [5, 5.41) is 8.41. The van der Waals surface area contributed by atoms with E-state index in [1.165, 1.54) is 17.1 Å². The number of thiophene rings is 1. The quantitative estimate of drug-likeness (QED) is 0.909. The molecule has 0 aromatic carbocycles. The lowest BCUT2D eigenvalue weighted by Gasteiger charge is -2.12. The summed E-state index contributed by atoms with van der Waals surface area (Å²) in [6, 6.07) is 2.11. The van der Waals surface area contributed by atoms with Gasteiger partial charge in [0.05, 0.1) is 0 Å². The number of aromatic nitrogens is 2. The average Bonchev–Trinajstić information content (AvgIpc) is 2.85. The van der Waals surface area contributed by atoms with Crippen LogP contribution in [0.25, 0.3) is 0 Å². The van der Waals surface area contributed by atoms with Gasteiger partial charge in [0.25, 0.3) is 0 Å². The minimum Gasteiger partial charge on any atom is -0.356 e. The van der Waals surface area contributed by atoms with Gasteiger partial charge in [0, 0.05) is 23.5 Å². The third-order valence-electron chi connectivity index (χ3n) is 2.12. The molecular weight excluding hydrogens is 238 g/mol. The van der Waals surface area contributed by atoms with Gasteiger partial charge in [-0.1, -0.05) is 20.8 Å². The summed E-state index contributed by atoms with van der Waals surface area (Å²) in [6.07, 6.45) is 0. The van der Waals surface area contributed by atoms with Crippen LogP contribution in [0.1, 0.15) is 32.2 Å². The predicted octanol–water partition coefficient (Wildman–Crippen LogP) is 3.51. The third kappa shape index (κ3) is 2.80. The molecule has 0 spiro atoms. The molecule has 2 rings (SSSR count). The van der Waals surface area contributed by atoms with Gasteiger partial charge < -0.3 is 5.32 Å². The fraction of sp³-hybridized carbons (Fsp3) is 0.455. The zero-order valence-electron chi connectivity index (χ0n) is 9.65. The Bertz CT molecular complexity index is 440. The van der Waals surface area contributed by atoms with Crippen molar-refractivity contribution < 1.29 is 0 Å². The number of nitrogens with zero attached hydrogens (tertiary/aromatic N) is 2. The maximum absolute atomic E-state index is 4.48. The highest BCUT2D eigenvalue weighted by Gasteiger charge is 2.19. The second-order valence-corrected chi connectivity index (χ2v) is 6.19. The minimum atomic E-state index is 0.0266. The van der Waals surface area contributed by atoms with Crippen LogP contribution in [0.5, 0.6) is 0 Å². The molecule has 0 aliphatic heterocycles. The van der Waals surface area contributed by atoms with E-state index < -0.39 is 0 Å². The fourth-order valence-electron chi connectivity index (χ4n) is 1.17. The normalized spacial score (nSPS) is 11.7. The second kappa shape index (κ2) is 4.51. The maximum Gasteiger partial charge on any atom is 0.202 e. The molecule has 1 N–H and O–H groups in total. The van der Waals surface area contributed by atoms with Gasteiger partial charge in [0.15, 0.2) is 0 Å². The van der Waals surface area contributed by atoms with E-state index in [1.54, 1.807) is 11.3 Å². The van der Waals surface area contributed by atoms with Crippen LogP contribution >= 0.6 is 22.9 Å². The molecule has 16 heavy (non-hydrogen) atoms. The number of hydrogen-bond donors (Lipinski definition) is 1. The summed E-state index contributed by atoms with van der Waals surface area (Å²) in [5.41, 5.74) is 1.32. The van der Waals surface area contributed by atoms with Gasteiger partial charge in [-0.2, -0.15) is 15.7 Å². The van der Waals surface area contributed by atoms with Crippen molar-refractivity contribution in [2.45, 2.75) is 32.7 Å². The van der Waals surface area contributed by atoms with Gasteiger partial charge in [-0.3, -0.25) is 0 Å².